The Morgan fingerprint density at radius 2 is 1.85 bits per heavy atom. The van der Waals surface area contributed by atoms with Gasteiger partial charge in [-0.2, -0.15) is 0 Å². The Morgan fingerprint density at radius 1 is 1.11 bits per heavy atom. The largest absolute Gasteiger partial charge is 0.396 e. The number of H-pyrrole nitrogens is 1. The molecule has 3 aromatic rings. The van der Waals surface area contributed by atoms with Crippen LogP contribution in [0.2, 0.25) is 0 Å². The topological polar surface area (TPSA) is 73.4 Å². The number of carbonyl (C=O) groups excluding carboxylic acids is 1. The van der Waals surface area contributed by atoms with Gasteiger partial charge in [0.25, 0.3) is 11.5 Å². The molecule has 5 heteroatoms. The van der Waals surface area contributed by atoms with Crippen LogP contribution in [0.5, 0.6) is 0 Å². The van der Waals surface area contributed by atoms with Gasteiger partial charge in [-0.25, -0.2) is 0 Å². The van der Waals surface area contributed by atoms with Crippen molar-refractivity contribution in [3.8, 4) is 0 Å². The fourth-order valence-corrected chi connectivity index (χ4v) is 3.32. The Morgan fingerprint density at radius 3 is 2.56 bits per heavy atom. The van der Waals surface area contributed by atoms with Crippen molar-refractivity contribution >= 4 is 16.8 Å². The molecule has 0 spiro atoms. The summed E-state index contributed by atoms with van der Waals surface area (Å²) in [5, 5.41) is 10.2. The first-order valence-electron chi connectivity index (χ1n) is 9.08. The molecule has 0 radical (unpaired) electrons. The summed E-state index contributed by atoms with van der Waals surface area (Å²) >= 11 is 0. The second kappa shape index (κ2) is 8.18. The number of aliphatic hydroxyl groups excluding tert-OH is 1. The van der Waals surface area contributed by atoms with Gasteiger partial charge in [0.15, 0.2) is 0 Å². The molecular weight excluding hydrogens is 340 g/mol. The Kier molecular flexibility index (Phi) is 5.72. The number of aromatic nitrogens is 1. The first-order chi connectivity index (χ1) is 13.0. The molecule has 1 aromatic heterocycles. The van der Waals surface area contributed by atoms with Gasteiger partial charge in [0.05, 0.1) is 6.54 Å². The zero-order valence-corrected chi connectivity index (χ0v) is 15.7. The third-order valence-corrected chi connectivity index (χ3v) is 4.64. The first kappa shape index (κ1) is 18.9. The van der Waals surface area contributed by atoms with E-state index in [1.807, 2.05) is 44.2 Å². The minimum atomic E-state index is -0.192. The number of aryl methyl sites for hydroxylation is 2. The highest BCUT2D eigenvalue weighted by molar-refractivity contribution is 5.94. The van der Waals surface area contributed by atoms with E-state index >= 15 is 0 Å². The van der Waals surface area contributed by atoms with E-state index in [0.29, 0.717) is 24.1 Å². The second-order valence-corrected chi connectivity index (χ2v) is 6.84. The summed E-state index contributed by atoms with van der Waals surface area (Å²) in [4.78, 5) is 30.0. The standard InChI is InChI=1S/C22H24N2O3/c1-15-11-16(2)19-13-18(21(26)23-20(19)12-15)14-24(9-6-10-25)22(27)17-7-4-3-5-8-17/h3-5,7-8,11-13,25H,6,9-10,14H2,1-2H3,(H,23,26). The van der Waals surface area contributed by atoms with Crippen LogP contribution in [-0.4, -0.2) is 34.0 Å². The molecular formula is C22H24N2O3. The number of fused-ring (bicyclic) bond motifs is 1. The maximum Gasteiger partial charge on any atom is 0.254 e. The average molecular weight is 364 g/mol. The van der Waals surface area contributed by atoms with Gasteiger partial charge in [-0.1, -0.05) is 24.3 Å². The van der Waals surface area contributed by atoms with Gasteiger partial charge in [-0.15, -0.1) is 0 Å². The lowest BCUT2D eigenvalue weighted by Gasteiger charge is -2.22. The highest BCUT2D eigenvalue weighted by Gasteiger charge is 2.17. The van der Waals surface area contributed by atoms with Crippen molar-refractivity contribution in [1.82, 2.24) is 9.88 Å². The molecule has 0 aliphatic rings. The lowest BCUT2D eigenvalue weighted by molar-refractivity contribution is 0.0731. The van der Waals surface area contributed by atoms with E-state index in [4.69, 9.17) is 0 Å². The Balaban J connectivity index is 1.97. The van der Waals surface area contributed by atoms with Crippen molar-refractivity contribution in [3.05, 3.63) is 81.1 Å². The van der Waals surface area contributed by atoms with E-state index < -0.39 is 0 Å². The van der Waals surface area contributed by atoms with Crippen LogP contribution in [0.25, 0.3) is 10.9 Å². The van der Waals surface area contributed by atoms with E-state index in [-0.39, 0.29) is 24.6 Å². The van der Waals surface area contributed by atoms with E-state index in [1.165, 1.54) is 0 Å². The number of pyridine rings is 1. The predicted octanol–water partition coefficient (Wildman–Crippen LogP) is 3.17. The summed E-state index contributed by atoms with van der Waals surface area (Å²) in [6.45, 7) is 4.58. The summed E-state index contributed by atoms with van der Waals surface area (Å²) in [5.74, 6) is -0.149. The summed E-state index contributed by atoms with van der Waals surface area (Å²) in [6, 6.07) is 14.9. The van der Waals surface area contributed by atoms with Crippen LogP contribution < -0.4 is 5.56 Å². The van der Waals surface area contributed by atoms with E-state index in [9.17, 15) is 14.7 Å². The molecule has 140 valence electrons. The third kappa shape index (κ3) is 4.26. The van der Waals surface area contributed by atoms with E-state index in [2.05, 4.69) is 11.1 Å². The molecule has 5 nitrogen and oxygen atoms in total. The lowest BCUT2D eigenvalue weighted by atomic mass is 10.0. The van der Waals surface area contributed by atoms with Crippen molar-refractivity contribution in [3.63, 3.8) is 0 Å². The van der Waals surface area contributed by atoms with Crippen LogP contribution in [0.3, 0.4) is 0 Å². The van der Waals surface area contributed by atoms with Gasteiger partial charge >= 0.3 is 0 Å². The van der Waals surface area contributed by atoms with Crippen LogP contribution in [0.4, 0.5) is 0 Å². The number of hydrogen-bond donors (Lipinski definition) is 2. The maximum atomic E-state index is 12.9. The highest BCUT2D eigenvalue weighted by Crippen LogP contribution is 2.19. The molecule has 1 amide bonds. The molecule has 0 saturated heterocycles. The monoisotopic (exact) mass is 364 g/mol. The SMILES string of the molecule is Cc1cc(C)c2cc(CN(CCCO)C(=O)c3ccccc3)c(=O)[nH]c2c1. The Bertz CT molecular complexity index is 1010. The minimum Gasteiger partial charge on any atom is -0.396 e. The third-order valence-electron chi connectivity index (χ3n) is 4.64. The molecule has 0 bridgehead atoms. The number of amides is 1. The summed E-state index contributed by atoms with van der Waals surface area (Å²) in [5.41, 5.74) is 3.89. The van der Waals surface area contributed by atoms with Crippen molar-refractivity contribution in [1.29, 1.82) is 0 Å². The molecule has 2 aromatic carbocycles. The van der Waals surface area contributed by atoms with Crippen molar-refractivity contribution < 1.29 is 9.90 Å². The lowest BCUT2D eigenvalue weighted by Crippen LogP contribution is -2.34. The molecule has 2 N–H and O–H groups in total. The molecule has 0 fully saturated rings. The van der Waals surface area contributed by atoms with Crippen LogP contribution in [0.15, 0.2) is 53.3 Å². The van der Waals surface area contributed by atoms with Gasteiger partial charge in [0, 0.05) is 35.2 Å². The molecule has 0 aliphatic carbocycles. The van der Waals surface area contributed by atoms with Gasteiger partial charge < -0.3 is 15.0 Å². The molecule has 0 unspecified atom stereocenters. The number of carbonyl (C=O) groups is 1. The van der Waals surface area contributed by atoms with Crippen molar-refractivity contribution in [2.75, 3.05) is 13.2 Å². The summed E-state index contributed by atoms with van der Waals surface area (Å²) < 4.78 is 0. The molecule has 0 aliphatic heterocycles. The number of benzene rings is 2. The van der Waals surface area contributed by atoms with Gasteiger partial charge in [0.1, 0.15) is 0 Å². The normalized spacial score (nSPS) is 10.9. The van der Waals surface area contributed by atoms with E-state index in [1.54, 1.807) is 17.0 Å². The highest BCUT2D eigenvalue weighted by atomic mass is 16.3. The average Bonchev–Trinajstić information content (AvgIpc) is 2.66. The Hall–Kier alpha value is -2.92. The zero-order valence-electron chi connectivity index (χ0n) is 15.7. The molecule has 3 rings (SSSR count). The predicted molar refractivity (Wildman–Crippen MR) is 107 cm³/mol. The summed E-state index contributed by atoms with van der Waals surface area (Å²) in [7, 11) is 0. The maximum absolute atomic E-state index is 12.9. The van der Waals surface area contributed by atoms with Crippen LogP contribution in [-0.2, 0) is 6.54 Å². The minimum absolute atomic E-state index is 0.00890. The van der Waals surface area contributed by atoms with E-state index in [0.717, 1.165) is 22.0 Å². The van der Waals surface area contributed by atoms with Gasteiger partial charge in [-0.3, -0.25) is 9.59 Å². The Labute approximate surface area is 158 Å². The van der Waals surface area contributed by atoms with Crippen LogP contribution in [0, 0.1) is 13.8 Å². The molecule has 0 saturated carbocycles. The fraction of sp³-hybridized carbons (Fsp3) is 0.273. The number of aliphatic hydroxyl groups is 1. The van der Waals surface area contributed by atoms with Crippen molar-refractivity contribution in [2.45, 2.75) is 26.8 Å². The molecule has 1 heterocycles. The van der Waals surface area contributed by atoms with Crippen molar-refractivity contribution in [2.24, 2.45) is 0 Å². The molecule has 27 heavy (non-hydrogen) atoms. The molecule has 0 atom stereocenters. The summed E-state index contributed by atoms with van der Waals surface area (Å²) in [6.07, 6.45) is 0.461. The second-order valence-electron chi connectivity index (χ2n) is 6.84. The number of hydrogen-bond acceptors (Lipinski definition) is 3. The van der Waals surface area contributed by atoms with Crippen LogP contribution in [0.1, 0.15) is 33.5 Å². The number of rotatable bonds is 6. The number of aromatic amines is 1. The van der Waals surface area contributed by atoms with Gasteiger partial charge in [0.2, 0.25) is 0 Å². The number of nitrogens with zero attached hydrogens (tertiary/aromatic N) is 1. The van der Waals surface area contributed by atoms with Crippen LogP contribution >= 0.6 is 0 Å². The fourth-order valence-electron chi connectivity index (χ4n) is 3.32. The first-order valence-corrected chi connectivity index (χ1v) is 9.08. The zero-order chi connectivity index (χ0) is 19.4. The van der Waals surface area contributed by atoms with Gasteiger partial charge in [-0.05, 0) is 55.7 Å². The number of nitrogens with one attached hydrogen (secondary N) is 1. The smallest absolute Gasteiger partial charge is 0.254 e. The quantitative estimate of drug-likeness (QED) is 0.706.